The number of hydrogen-bond donors (Lipinski definition) is 0. The van der Waals surface area contributed by atoms with Crippen LogP contribution < -0.4 is 5.46 Å². The van der Waals surface area contributed by atoms with Gasteiger partial charge in [0, 0.05) is 57.1 Å². The fourth-order valence-electron chi connectivity index (χ4n) is 5.32. The van der Waals surface area contributed by atoms with Crippen molar-refractivity contribution in [2.75, 3.05) is 0 Å². The third-order valence-electron chi connectivity index (χ3n) is 10.8. The van der Waals surface area contributed by atoms with E-state index in [4.69, 9.17) is 27.9 Å². The summed E-state index contributed by atoms with van der Waals surface area (Å²) in [5.41, 5.74) is 2.69. The number of aromatic nitrogens is 2. The molecule has 3 fully saturated rings. The smallest absolute Gasteiger partial charge is 0.405 e. The van der Waals surface area contributed by atoms with E-state index in [9.17, 15) is 0 Å². The minimum Gasteiger partial charge on any atom is -0.405 e. The number of rotatable bonds is 4. The molecule has 2 radical (unpaired) electrons. The summed E-state index contributed by atoms with van der Waals surface area (Å²) in [6, 6.07) is 29.9. The summed E-state index contributed by atoms with van der Waals surface area (Å²) in [4.78, 5) is 8.77. The van der Waals surface area contributed by atoms with E-state index in [1.54, 1.807) is 6.20 Å². The molecule has 54 heavy (non-hydrogen) atoms. The number of nitrogens with zero attached hydrogens (tertiary/aromatic N) is 2. The van der Waals surface area contributed by atoms with Crippen molar-refractivity contribution in [3.8, 4) is 22.5 Å². The quantitative estimate of drug-likeness (QED) is 0.149. The van der Waals surface area contributed by atoms with Crippen LogP contribution in [0.15, 0.2) is 89.7 Å². The van der Waals surface area contributed by atoms with Gasteiger partial charge in [0.05, 0.1) is 33.6 Å². The Labute approximate surface area is 359 Å². The molecular formula is C40H50B3BrIr2N2O6-2. The average Bonchev–Trinajstić information content (AvgIpc) is 3.55. The van der Waals surface area contributed by atoms with Crippen LogP contribution >= 0.6 is 15.9 Å². The van der Waals surface area contributed by atoms with Crippen molar-refractivity contribution in [2.24, 2.45) is 0 Å². The standard InChI is InChI=1S/C17H19BNO2.C12H24B2O4.C11H7BrN.2Ir/c1-16(2)17(3,4)21-18(20-16)14-10-11-15(19-12-14)13-8-6-5-7-9-13;1-9(2)10(3,4)16-13(15-9)14-17-11(5,6)12(7,8)18-14;12-10-6-7-11(13-8-10)9-4-2-1-3-5-9;;/h5-8,10-12H,1-4H3;1-8H3;1-4,6-8H;;/q-1;;-1;;. The second-order valence-electron chi connectivity index (χ2n) is 16.2. The molecule has 3 saturated heterocycles. The van der Waals surface area contributed by atoms with Crippen molar-refractivity contribution in [1.82, 2.24) is 9.97 Å². The molecule has 3 aliphatic rings. The van der Waals surface area contributed by atoms with Gasteiger partial charge in [-0.2, -0.15) is 0 Å². The molecule has 2 aromatic carbocycles. The maximum atomic E-state index is 6.03. The Hall–Kier alpha value is -1.53. The minimum absolute atomic E-state index is 0. The number of benzene rings is 2. The minimum atomic E-state index is -0.476. The molecule has 0 bridgehead atoms. The van der Waals surface area contributed by atoms with Crippen molar-refractivity contribution in [2.45, 2.75) is 117 Å². The van der Waals surface area contributed by atoms with E-state index >= 15 is 0 Å². The molecule has 0 spiro atoms. The van der Waals surface area contributed by atoms with E-state index in [0.717, 1.165) is 32.5 Å². The Balaban J connectivity index is 0.000000219. The summed E-state index contributed by atoms with van der Waals surface area (Å²) in [5.74, 6) is 0. The van der Waals surface area contributed by atoms with Gasteiger partial charge < -0.3 is 37.9 Å². The van der Waals surface area contributed by atoms with Crippen LogP contribution in [0.4, 0.5) is 0 Å². The third-order valence-corrected chi connectivity index (χ3v) is 11.2. The van der Waals surface area contributed by atoms with Crippen molar-refractivity contribution in [3.63, 3.8) is 0 Å². The number of pyridine rings is 2. The van der Waals surface area contributed by atoms with Crippen molar-refractivity contribution < 1.29 is 68.1 Å². The molecule has 0 atom stereocenters. The van der Waals surface area contributed by atoms with E-state index < -0.39 is 14.0 Å². The first-order chi connectivity index (χ1) is 24.1. The molecule has 3 aliphatic heterocycles. The average molecular weight is 1150 g/mol. The van der Waals surface area contributed by atoms with Crippen LogP contribution in [0.2, 0.25) is 0 Å². The van der Waals surface area contributed by atoms with Gasteiger partial charge in [-0.1, -0.05) is 24.3 Å². The first kappa shape index (κ1) is 46.9. The van der Waals surface area contributed by atoms with Crippen LogP contribution in [0.3, 0.4) is 0 Å². The van der Waals surface area contributed by atoms with Gasteiger partial charge in [-0.3, -0.25) is 0 Å². The third kappa shape index (κ3) is 10.7. The van der Waals surface area contributed by atoms with Gasteiger partial charge in [-0.05, 0) is 116 Å². The Morgan fingerprint density at radius 2 is 0.852 bits per heavy atom. The summed E-state index contributed by atoms with van der Waals surface area (Å²) in [6.07, 6.45) is 3.61. The molecule has 8 nitrogen and oxygen atoms in total. The molecule has 4 aromatic rings. The zero-order chi connectivity index (χ0) is 38.2. The Morgan fingerprint density at radius 1 is 0.481 bits per heavy atom. The molecule has 2 aromatic heterocycles. The number of halogens is 1. The monoisotopic (exact) mass is 1150 g/mol. The largest absolute Gasteiger partial charge is 0.496 e. The van der Waals surface area contributed by atoms with Gasteiger partial charge in [-0.15, -0.1) is 71.8 Å². The SMILES string of the molecule is Brc1ccc(-c2[c-]cccc2)nc1.CC1(C)OB(B2OC(C)(C)C(C)(C)O2)OC1(C)C.CC1(C)OB(c2ccc(-c3[c-]cccc3)nc2)OC1(C)C.[Ir].[Ir]. The molecule has 0 unspecified atom stereocenters. The van der Waals surface area contributed by atoms with Gasteiger partial charge in [0.1, 0.15) is 0 Å². The van der Waals surface area contributed by atoms with E-state index in [2.05, 4.69) is 38.0 Å². The van der Waals surface area contributed by atoms with Crippen LogP contribution in [-0.4, -0.2) is 64.7 Å². The Kier molecular flexibility index (Phi) is 15.6. The normalized spacial score (nSPS) is 20.7. The Bertz CT molecular complexity index is 1700. The van der Waals surface area contributed by atoms with Crippen LogP contribution in [0, 0.1) is 12.1 Å². The molecule has 0 aliphatic carbocycles. The summed E-state index contributed by atoms with van der Waals surface area (Å²) in [7, 11) is -1.32. The van der Waals surface area contributed by atoms with Crippen molar-refractivity contribution in [1.29, 1.82) is 0 Å². The molecule has 5 heterocycles. The molecule has 0 amide bonds. The maximum absolute atomic E-state index is 6.03. The topological polar surface area (TPSA) is 81.2 Å². The summed E-state index contributed by atoms with van der Waals surface area (Å²) >= 11 is 3.35. The first-order valence-electron chi connectivity index (χ1n) is 17.7. The molecule has 14 heteroatoms. The second-order valence-corrected chi connectivity index (χ2v) is 17.1. The van der Waals surface area contributed by atoms with Crippen LogP contribution in [0.5, 0.6) is 0 Å². The van der Waals surface area contributed by atoms with Crippen molar-refractivity contribution in [3.05, 3.63) is 102 Å². The van der Waals surface area contributed by atoms with Gasteiger partial charge in [0.15, 0.2) is 0 Å². The van der Waals surface area contributed by atoms with Crippen LogP contribution in [-0.2, 0) is 68.1 Å². The van der Waals surface area contributed by atoms with E-state index in [1.165, 1.54) is 0 Å². The summed E-state index contributed by atoms with van der Waals surface area (Å²) in [6.45, 7) is 24.4. The van der Waals surface area contributed by atoms with E-state index in [0.29, 0.717) is 0 Å². The summed E-state index contributed by atoms with van der Waals surface area (Å²) < 4.78 is 36.9. The van der Waals surface area contributed by atoms with Crippen molar-refractivity contribution >= 4 is 42.5 Å². The first-order valence-corrected chi connectivity index (χ1v) is 18.5. The van der Waals surface area contributed by atoms with Gasteiger partial charge in [-0.25, -0.2) is 0 Å². The predicted octanol–water partition coefficient (Wildman–Crippen LogP) is 8.40. The molecule has 0 saturated carbocycles. The van der Waals surface area contributed by atoms with E-state index in [1.807, 2.05) is 162 Å². The fraction of sp³-hybridized carbons (Fsp3) is 0.450. The van der Waals surface area contributed by atoms with Crippen LogP contribution in [0.25, 0.3) is 22.5 Å². The Morgan fingerprint density at radius 3 is 1.17 bits per heavy atom. The molecule has 7 rings (SSSR count). The van der Waals surface area contributed by atoms with Gasteiger partial charge >= 0.3 is 21.1 Å². The van der Waals surface area contributed by atoms with E-state index in [-0.39, 0.29) is 80.9 Å². The van der Waals surface area contributed by atoms with Gasteiger partial charge in [0.2, 0.25) is 0 Å². The molecule has 292 valence electrons. The summed E-state index contributed by atoms with van der Waals surface area (Å²) in [5, 5.41) is 0. The number of hydrogen-bond acceptors (Lipinski definition) is 8. The zero-order valence-corrected chi connectivity index (χ0v) is 39.6. The van der Waals surface area contributed by atoms with Crippen LogP contribution in [0.1, 0.15) is 83.1 Å². The molecule has 0 N–H and O–H groups in total. The predicted molar refractivity (Wildman–Crippen MR) is 213 cm³/mol. The maximum Gasteiger partial charge on any atom is 0.496 e. The fourth-order valence-corrected chi connectivity index (χ4v) is 5.56. The molecular weight excluding hydrogens is 1100 g/mol. The van der Waals surface area contributed by atoms with Gasteiger partial charge in [0.25, 0.3) is 0 Å². The zero-order valence-electron chi connectivity index (χ0n) is 33.2. The second kappa shape index (κ2) is 17.9.